The van der Waals surface area contributed by atoms with Crippen LogP contribution >= 0.6 is 11.6 Å². The maximum Gasteiger partial charge on any atom is 0.238 e. The molecule has 2 N–H and O–H groups in total. The minimum atomic E-state index is -1.30. The molecule has 0 saturated heterocycles. The number of halogens is 1. The summed E-state index contributed by atoms with van der Waals surface area (Å²) in [7, 11) is -1.30. The Hall–Kier alpha value is -2.16. The highest BCUT2D eigenvalue weighted by Crippen LogP contribution is 2.40. The Morgan fingerprint density at radius 2 is 2.07 bits per heavy atom. The van der Waals surface area contributed by atoms with Crippen molar-refractivity contribution in [3.8, 4) is 5.88 Å². The van der Waals surface area contributed by atoms with Gasteiger partial charge in [0.05, 0.1) is 12.1 Å². The van der Waals surface area contributed by atoms with Gasteiger partial charge in [-0.25, -0.2) is 0 Å². The molecule has 30 heavy (non-hydrogen) atoms. The first-order chi connectivity index (χ1) is 14.6. The molecular formula is C21H23ClN4O3S. The molecule has 0 amide bonds. The largest absolute Gasteiger partial charge is 0.463 e. The number of aromatic nitrogens is 2. The smallest absolute Gasteiger partial charge is 0.238 e. The molecule has 1 atom stereocenters. The fraction of sp³-hybridized carbons (Fsp3) is 0.429. The average molecular weight is 447 g/mol. The molecule has 3 aliphatic rings. The summed E-state index contributed by atoms with van der Waals surface area (Å²) in [4.78, 5) is 11.9. The van der Waals surface area contributed by atoms with Gasteiger partial charge in [-0.3, -0.25) is 4.21 Å². The van der Waals surface area contributed by atoms with E-state index in [0.717, 1.165) is 37.3 Å². The molecular weight excluding hydrogens is 424 g/mol. The number of nitrogens with one attached hydrogen (secondary N) is 1. The van der Waals surface area contributed by atoms with Crippen molar-refractivity contribution in [1.29, 1.82) is 0 Å². The molecule has 1 aliphatic carbocycles. The van der Waals surface area contributed by atoms with Gasteiger partial charge >= 0.3 is 0 Å². The Kier molecular flexibility index (Phi) is 5.16. The molecule has 0 radical (unpaired) electrons. The Labute approximate surface area is 182 Å². The second kappa shape index (κ2) is 7.83. The molecule has 3 heterocycles. The minimum Gasteiger partial charge on any atom is -0.463 e. The third-order valence-corrected chi connectivity index (χ3v) is 7.46. The Balaban J connectivity index is 1.42. The van der Waals surface area contributed by atoms with E-state index in [1.165, 1.54) is 11.1 Å². The molecule has 0 spiro atoms. The zero-order valence-electron chi connectivity index (χ0n) is 16.4. The van der Waals surface area contributed by atoms with Gasteiger partial charge in [-0.15, -0.1) is 0 Å². The number of ether oxygens (including phenoxy) is 1. The van der Waals surface area contributed by atoms with Gasteiger partial charge in [-0.05, 0) is 49.0 Å². The summed E-state index contributed by atoms with van der Waals surface area (Å²) in [6, 6.07) is 7.88. The summed E-state index contributed by atoms with van der Waals surface area (Å²) in [5.74, 6) is 1.54. The zero-order valence-corrected chi connectivity index (χ0v) is 18.0. The molecule has 1 fully saturated rings. The van der Waals surface area contributed by atoms with E-state index >= 15 is 0 Å². The van der Waals surface area contributed by atoms with Crippen molar-refractivity contribution in [3.63, 3.8) is 0 Å². The van der Waals surface area contributed by atoms with Crippen molar-refractivity contribution in [2.45, 2.75) is 36.1 Å². The van der Waals surface area contributed by atoms with E-state index in [1.807, 2.05) is 24.3 Å². The standard InChI is InChI=1S/C21H23ClN4O3S/c22-16-4-2-14(3-5-16)15-6-10-26(11-7-15)20-23-18(25-21(12-27)8-1-9-21)17-19(24-20)29-13-30(17)28/h2-6,27H,1,7-13H2,(H,23,24,25)/t30-/m0/s1. The normalized spacial score (nSPS) is 22.0. The van der Waals surface area contributed by atoms with Crippen LogP contribution in [-0.4, -0.2) is 50.5 Å². The fourth-order valence-electron chi connectivity index (χ4n) is 4.07. The Bertz CT molecular complexity index is 1020. The Morgan fingerprint density at radius 3 is 2.70 bits per heavy atom. The van der Waals surface area contributed by atoms with Crippen molar-refractivity contribution in [2.75, 3.05) is 35.9 Å². The summed E-state index contributed by atoms with van der Waals surface area (Å²) >= 11 is 6.00. The summed E-state index contributed by atoms with van der Waals surface area (Å²) in [5.41, 5.74) is 2.05. The van der Waals surface area contributed by atoms with Crippen LogP contribution in [0.15, 0.2) is 35.2 Å². The fourth-order valence-corrected chi connectivity index (χ4v) is 5.14. The van der Waals surface area contributed by atoms with Crippen LogP contribution < -0.4 is 15.0 Å². The number of anilines is 2. The van der Waals surface area contributed by atoms with E-state index in [0.29, 0.717) is 29.1 Å². The molecule has 7 nitrogen and oxygen atoms in total. The first-order valence-corrected chi connectivity index (χ1v) is 11.8. The van der Waals surface area contributed by atoms with Gasteiger partial charge in [0, 0.05) is 18.1 Å². The van der Waals surface area contributed by atoms with E-state index in [2.05, 4.69) is 21.3 Å². The average Bonchev–Trinajstić information content (AvgIpc) is 3.12. The van der Waals surface area contributed by atoms with E-state index in [4.69, 9.17) is 21.3 Å². The van der Waals surface area contributed by atoms with E-state index in [1.54, 1.807) is 0 Å². The number of aliphatic hydroxyl groups excluding tert-OH is 1. The lowest BCUT2D eigenvalue weighted by Crippen LogP contribution is -2.48. The molecule has 1 aromatic heterocycles. The van der Waals surface area contributed by atoms with Gasteiger partial charge in [0.15, 0.2) is 11.8 Å². The summed E-state index contributed by atoms with van der Waals surface area (Å²) < 4.78 is 18.0. The Morgan fingerprint density at radius 1 is 1.27 bits per heavy atom. The van der Waals surface area contributed by atoms with Gasteiger partial charge in [-0.1, -0.05) is 29.8 Å². The van der Waals surface area contributed by atoms with Gasteiger partial charge < -0.3 is 20.1 Å². The maximum absolute atomic E-state index is 12.4. The highest BCUT2D eigenvalue weighted by molar-refractivity contribution is 7.85. The van der Waals surface area contributed by atoms with E-state index in [9.17, 15) is 9.32 Å². The van der Waals surface area contributed by atoms with Gasteiger partial charge in [-0.2, -0.15) is 9.97 Å². The third kappa shape index (κ3) is 3.57. The quantitative estimate of drug-likeness (QED) is 0.729. The number of fused-ring (bicyclic) bond motifs is 1. The van der Waals surface area contributed by atoms with Crippen LogP contribution in [0.5, 0.6) is 5.88 Å². The van der Waals surface area contributed by atoms with Crippen LogP contribution in [0.25, 0.3) is 5.57 Å². The van der Waals surface area contributed by atoms with Gasteiger partial charge in [0.1, 0.15) is 15.7 Å². The number of aliphatic hydroxyl groups is 1. The molecule has 2 aromatic rings. The number of rotatable bonds is 5. The number of hydrogen-bond acceptors (Lipinski definition) is 7. The van der Waals surface area contributed by atoms with Crippen molar-refractivity contribution in [1.82, 2.24) is 9.97 Å². The molecule has 2 aliphatic heterocycles. The molecule has 0 bridgehead atoms. The first kappa shape index (κ1) is 19.8. The van der Waals surface area contributed by atoms with E-state index < -0.39 is 16.3 Å². The van der Waals surface area contributed by atoms with E-state index in [-0.39, 0.29) is 12.5 Å². The van der Waals surface area contributed by atoms with Crippen LogP contribution in [-0.2, 0) is 10.8 Å². The van der Waals surface area contributed by atoms with Crippen molar-refractivity contribution in [3.05, 3.63) is 40.9 Å². The lowest BCUT2D eigenvalue weighted by molar-refractivity contribution is 0.143. The second-order valence-corrected chi connectivity index (χ2v) is 9.73. The maximum atomic E-state index is 12.4. The van der Waals surface area contributed by atoms with Crippen LogP contribution in [0.4, 0.5) is 11.8 Å². The lowest BCUT2D eigenvalue weighted by Gasteiger charge is -2.41. The monoisotopic (exact) mass is 446 g/mol. The van der Waals surface area contributed by atoms with Crippen molar-refractivity contribution >= 4 is 39.7 Å². The number of hydrogen-bond donors (Lipinski definition) is 2. The van der Waals surface area contributed by atoms with Crippen LogP contribution in [0.1, 0.15) is 31.2 Å². The van der Waals surface area contributed by atoms with Crippen molar-refractivity contribution in [2.24, 2.45) is 0 Å². The van der Waals surface area contributed by atoms with Crippen molar-refractivity contribution < 1.29 is 14.1 Å². The number of nitrogens with zero attached hydrogens (tertiary/aromatic N) is 3. The summed E-state index contributed by atoms with van der Waals surface area (Å²) in [6.45, 7) is 1.46. The minimum absolute atomic E-state index is 0.0194. The van der Waals surface area contributed by atoms with Crippen LogP contribution in [0.3, 0.4) is 0 Å². The SMILES string of the molecule is O=[S@]1COc2nc(N3CC=C(c4ccc(Cl)cc4)CC3)nc(NC3(CO)CCC3)c21. The molecule has 1 aromatic carbocycles. The number of benzene rings is 1. The highest BCUT2D eigenvalue weighted by atomic mass is 35.5. The van der Waals surface area contributed by atoms with Crippen LogP contribution in [0, 0.1) is 0 Å². The molecule has 1 saturated carbocycles. The zero-order chi connectivity index (χ0) is 20.7. The molecule has 158 valence electrons. The van der Waals surface area contributed by atoms with Gasteiger partial charge in [0.25, 0.3) is 0 Å². The molecule has 5 rings (SSSR count). The predicted molar refractivity (Wildman–Crippen MR) is 117 cm³/mol. The predicted octanol–water partition coefficient (Wildman–Crippen LogP) is 3.21. The highest BCUT2D eigenvalue weighted by Gasteiger charge is 2.39. The summed E-state index contributed by atoms with van der Waals surface area (Å²) in [5, 5.41) is 13.9. The molecule has 9 heteroatoms. The van der Waals surface area contributed by atoms with Gasteiger partial charge in [0.2, 0.25) is 11.8 Å². The first-order valence-electron chi connectivity index (χ1n) is 10.1. The third-order valence-electron chi connectivity index (χ3n) is 6.06. The lowest BCUT2D eigenvalue weighted by atomic mass is 9.77. The van der Waals surface area contributed by atoms with Crippen LogP contribution in [0.2, 0.25) is 5.02 Å². The molecule has 0 unspecified atom stereocenters. The summed E-state index contributed by atoms with van der Waals surface area (Å²) in [6.07, 6.45) is 5.82. The second-order valence-electron chi connectivity index (χ2n) is 7.96. The topological polar surface area (TPSA) is 87.6 Å².